The molecule has 0 aliphatic rings. The van der Waals surface area contributed by atoms with Crippen LogP contribution in [0.5, 0.6) is 5.75 Å². The Hall–Kier alpha value is -2.31. The number of hydrogen-bond donors (Lipinski definition) is 0. The quantitative estimate of drug-likeness (QED) is 0.839. The van der Waals surface area contributed by atoms with Gasteiger partial charge in [-0.2, -0.15) is 5.26 Å². The van der Waals surface area contributed by atoms with Gasteiger partial charge in [0, 0.05) is 5.02 Å². The van der Waals surface area contributed by atoms with E-state index < -0.39 is 12.0 Å². The molecule has 106 valence electrons. The van der Waals surface area contributed by atoms with Crippen LogP contribution in [0.25, 0.3) is 0 Å². The fourth-order valence-electron chi connectivity index (χ4n) is 1.99. The number of carbonyl (C=O) groups excluding carboxylic acids is 1. The van der Waals surface area contributed by atoms with Crippen molar-refractivity contribution in [1.29, 1.82) is 5.26 Å². The number of ketones is 1. The van der Waals surface area contributed by atoms with Crippen molar-refractivity contribution in [2.75, 3.05) is 0 Å². The first kappa shape index (κ1) is 15.1. The summed E-state index contributed by atoms with van der Waals surface area (Å²) < 4.78 is 5.58. The van der Waals surface area contributed by atoms with Gasteiger partial charge in [0.05, 0.1) is 6.07 Å². The molecule has 0 N–H and O–H groups in total. The van der Waals surface area contributed by atoms with E-state index in [1.807, 2.05) is 12.1 Å². The first-order chi connectivity index (χ1) is 10.1. The number of carbonyl (C=O) groups is 1. The lowest BCUT2D eigenvalue weighted by Crippen LogP contribution is -2.28. The molecule has 2 aromatic rings. The molecule has 2 atom stereocenters. The molecule has 4 heteroatoms. The normalized spacial score (nSPS) is 13.0. The van der Waals surface area contributed by atoms with Gasteiger partial charge < -0.3 is 4.74 Å². The molecular weight excluding hydrogens is 286 g/mol. The average molecular weight is 300 g/mol. The Bertz CT molecular complexity index is 664. The van der Waals surface area contributed by atoms with Crippen LogP contribution in [-0.4, -0.2) is 11.9 Å². The fourth-order valence-corrected chi connectivity index (χ4v) is 2.17. The van der Waals surface area contributed by atoms with Crippen LogP contribution in [0, 0.1) is 11.3 Å². The second kappa shape index (κ2) is 6.92. The number of halogens is 1. The lowest BCUT2D eigenvalue weighted by molar-refractivity contribution is -0.125. The summed E-state index contributed by atoms with van der Waals surface area (Å²) in [6.07, 6.45) is -0.728. The first-order valence-electron chi connectivity index (χ1n) is 6.52. The maximum absolute atomic E-state index is 12.4. The molecule has 0 aromatic heterocycles. The molecule has 2 unspecified atom stereocenters. The smallest absolute Gasteiger partial charge is 0.194 e. The van der Waals surface area contributed by atoms with Crippen LogP contribution < -0.4 is 4.74 Å². The minimum Gasteiger partial charge on any atom is -0.483 e. The first-order valence-corrected chi connectivity index (χ1v) is 6.90. The molecule has 0 saturated carbocycles. The van der Waals surface area contributed by atoms with Gasteiger partial charge in [0.1, 0.15) is 11.7 Å². The monoisotopic (exact) mass is 299 g/mol. The zero-order valence-electron chi connectivity index (χ0n) is 11.5. The van der Waals surface area contributed by atoms with E-state index >= 15 is 0 Å². The molecule has 21 heavy (non-hydrogen) atoms. The third kappa shape index (κ3) is 3.84. The minimum atomic E-state index is -0.833. The van der Waals surface area contributed by atoms with Crippen LogP contribution >= 0.6 is 11.6 Å². The Balaban J connectivity index is 2.13. The number of nitriles is 1. The summed E-state index contributed by atoms with van der Waals surface area (Å²) in [5.41, 5.74) is 0.673. The van der Waals surface area contributed by atoms with Gasteiger partial charge >= 0.3 is 0 Å². The molecule has 0 amide bonds. The highest BCUT2D eigenvalue weighted by molar-refractivity contribution is 6.30. The van der Waals surface area contributed by atoms with Crippen molar-refractivity contribution in [3.63, 3.8) is 0 Å². The maximum atomic E-state index is 12.4. The summed E-state index contributed by atoms with van der Waals surface area (Å²) in [4.78, 5) is 12.4. The van der Waals surface area contributed by atoms with Gasteiger partial charge in [0.2, 0.25) is 0 Å². The molecule has 0 heterocycles. The molecule has 0 bridgehead atoms. The Morgan fingerprint density at radius 2 is 1.90 bits per heavy atom. The van der Waals surface area contributed by atoms with Crippen molar-refractivity contribution in [2.24, 2.45) is 0 Å². The van der Waals surface area contributed by atoms with Crippen LogP contribution in [0.2, 0.25) is 5.02 Å². The van der Waals surface area contributed by atoms with Crippen molar-refractivity contribution in [1.82, 2.24) is 0 Å². The predicted octanol–water partition coefficient (Wildman–Crippen LogP) is 3.98. The highest BCUT2D eigenvalue weighted by Crippen LogP contribution is 2.22. The predicted molar refractivity (Wildman–Crippen MR) is 81.3 cm³/mol. The van der Waals surface area contributed by atoms with Gasteiger partial charge in [-0.05, 0) is 30.7 Å². The molecule has 2 aromatic carbocycles. The number of nitrogens with zero attached hydrogens (tertiary/aromatic N) is 1. The Morgan fingerprint density at radius 3 is 2.52 bits per heavy atom. The number of rotatable bonds is 5. The molecule has 0 aliphatic heterocycles. The minimum absolute atomic E-state index is 0.274. The fraction of sp³-hybridized carbons (Fsp3) is 0.176. The zero-order chi connectivity index (χ0) is 15.2. The third-order valence-electron chi connectivity index (χ3n) is 3.06. The number of hydrogen-bond acceptors (Lipinski definition) is 3. The second-order valence-electron chi connectivity index (χ2n) is 4.59. The summed E-state index contributed by atoms with van der Waals surface area (Å²) in [6, 6.07) is 17.8. The summed E-state index contributed by atoms with van der Waals surface area (Å²) in [5.74, 6) is -0.600. The second-order valence-corrected chi connectivity index (χ2v) is 5.03. The molecule has 2 rings (SSSR count). The van der Waals surface area contributed by atoms with Gasteiger partial charge in [-0.1, -0.05) is 48.0 Å². The van der Waals surface area contributed by atoms with Gasteiger partial charge in [0.15, 0.2) is 11.9 Å². The molecule has 3 nitrogen and oxygen atoms in total. The van der Waals surface area contributed by atoms with Gasteiger partial charge in [-0.25, -0.2) is 0 Å². The number of ether oxygens (including phenoxy) is 1. The maximum Gasteiger partial charge on any atom is 0.194 e. The lowest BCUT2D eigenvalue weighted by Gasteiger charge is -2.17. The van der Waals surface area contributed by atoms with E-state index in [0.717, 1.165) is 0 Å². The van der Waals surface area contributed by atoms with Crippen LogP contribution in [0.4, 0.5) is 0 Å². The zero-order valence-corrected chi connectivity index (χ0v) is 12.2. The van der Waals surface area contributed by atoms with Crippen molar-refractivity contribution in [3.05, 3.63) is 65.2 Å². The Morgan fingerprint density at radius 1 is 1.19 bits per heavy atom. The number of benzene rings is 2. The molecule has 0 fully saturated rings. The van der Waals surface area contributed by atoms with E-state index in [4.69, 9.17) is 16.3 Å². The van der Waals surface area contributed by atoms with Crippen LogP contribution in [0.3, 0.4) is 0 Å². The Kier molecular flexibility index (Phi) is 4.97. The summed E-state index contributed by atoms with van der Waals surface area (Å²) >= 11 is 5.88. The van der Waals surface area contributed by atoms with Crippen LogP contribution in [-0.2, 0) is 4.79 Å². The van der Waals surface area contributed by atoms with E-state index in [0.29, 0.717) is 16.3 Å². The Labute approximate surface area is 128 Å². The van der Waals surface area contributed by atoms with E-state index in [2.05, 4.69) is 0 Å². The van der Waals surface area contributed by atoms with Crippen molar-refractivity contribution < 1.29 is 9.53 Å². The topological polar surface area (TPSA) is 50.1 Å². The standard InChI is InChI=1S/C17H14ClNO2/c1-12(21-15-9-5-8-14(18)10-15)17(20)16(11-19)13-6-3-2-4-7-13/h2-10,12,16H,1H3. The van der Waals surface area contributed by atoms with E-state index in [-0.39, 0.29) is 5.78 Å². The van der Waals surface area contributed by atoms with E-state index in [9.17, 15) is 10.1 Å². The van der Waals surface area contributed by atoms with Crippen LogP contribution in [0.1, 0.15) is 18.4 Å². The molecule has 0 radical (unpaired) electrons. The molecule has 0 saturated heterocycles. The molecular formula is C17H14ClNO2. The molecule has 0 aliphatic carbocycles. The summed E-state index contributed by atoms with van der Waals surface area (Å²) in [7, 11) is 0. The summed E-state index contributed by atoms with van der Waals surface area (Å²) in [5, 5.41) is 9.80. The van der Waals surface area contributed by atoms with E-state index in [1.165, 1.54) is 0 Å². The van der Waals surface area contributed by atoms with Crippen molar-refractivity contribution in [3.8, 4) is 11.8 Å². The lowest BCUT2D eigenvalue weighted by atomic mass is 9.93. The largest absolute Gasteiger partial charge is 0.483 e. The summed E-state index contributed by atoms with van der Waals surface area (Å²) in [6.45, 7) is 1.64. The van der Waals surface area contributed by atoms with Gasteiger partial charge in [-0.3, -0.25) is 4.79 Å². The number of Topliss-reactive ketones (excluding diaryl/α,β-unsaturated/α-hetero) is 1. The van der Waals surface area contributed by atoms with Crippen molar-refractivity contribution in [2.45, 2.75) is 18.9 Å². The van der Waals surface area contributed by atoms with E-state index in [1.54, 1.807) is 55.5 Å². The van der Waals surface area contributed by atoms with Gasteiger partial charge in [-0.15, -0.1) is 0 Å². The van der Waals surface area contributed by atoms with Gasteiger partial charge in [0.25, 0.3) is 0 Å². The highest BCUT2D eigenvalue weighted by Gasteiger charge is 2.26. The molecule has 0 spiro atoms. The third-order valence-corrected chi connectivity index (χ3v) is 3.29. The average Bonchev–Trinajstić information content (AvgIpc) is 2.49. The highest BCUT2D eigenvalue weighted by atomic mass is 35.5. The van der Waals surface area contributed by atoms with Crippen LogP contribution in [0.15, 0.2) is 54.6 Å². The van der Waals surface area contributed by atoms with Crippen molar-refractivity contribution >= 4 is 17.4 Å². The SMILES string of the molecule is CC(Oc1cccc(Cl)c1)C(=O)C(C#N)c1ccccc1.